The summed E-state index contributed by atoms with van der Waals surface area (Å²) in [5, 5.41) is 6.49. The minimum atomic E-state index is -0.363. The molecule has 0 radical (unpaired) electrons. The number of methoxy groups -OCH3 is 1. The van der Waals surface area contributed by atoms with Crippen LogP contribution < -0.4 is 10.6 Å². The molecular weight excluding hydrogens is 352 g/mol. The summed E-state index contributed by atoms with van der Waals surface area (Å²) in [6.07, 6.45) is 1.50. The maximum Gasteiger partial charge on any atom is 0.337 e. The molecular formula is C22H24N4O2. The second-order valence-electron chi connectivity index (χ2n) is 7.43. The van der Waals surface area contributed by atoms with E-state index in [0.717, 1.165) is 11.4 Å². The van der Waals surface area contributed by atoms with Gasteiger partial charge in [-0.05, 0) is 47.4 Å². The van der Waals surface area contributed by atoms with Crippen molar-refractivity contribution < 1.29 is 9.53 Å². The van der Waals surface area contributed by atoms with E-state index in [1.165, 1.54) is 19.0 Å². The van der Waals surface area contributed by atoms with E-state index in [2.05, 4.69) is 53.5 Å². The number of benzene rings is 2. The zero-order chi connectivity index (χ0) is 20.1. The zero-order valence-electron chi connectivity index (χ0n) is 16.5. The lowest BCUT2D eigenvalue weighted by Crippen LogP contribution is -2.10. The molecule has 0 bridgehead atoms. The van der Waals surface area contributed by atoms with Crippen molar-refractivity contribution in [3.05, 3.63) is 72.1 Å². The standard InChI is InChI=1S/C22H24N4O2/c1-22(2,3)16-7-11-18(12-8-16)26-20-13-19(23-14-24-20)25-17-9-5-15(6-10-17)21(27)28-4/h5-14H,1-4H3,(H2,23,24,25,26). The fourth-order valence-corrected chi connectivity index (χ4v) is 2.65. The first-order chi connectivity index (χ1) is 13.3. The predicted octanol–water partition coefficient (Wildman–Crippen LogP) is 5.05. The van der Waals surface area contributed by atoms with Gasteiger partial charge in [-0.2, -0.15) is 0 Å². The number of anilines is 4. The number of hydrogen-bond donors (Lipinski definition) is 2. The van der Waals surface area contributed by atoms with Gasteiger partial charge in [-0.3, -0.25) is 0 Å². The molecule has 0 atom stereocenters. The van der Waals surface area contributed by atoms with Crippen LogP contribution in [-0.2, 0) is 10.2 Å². The third-order valence-electron chi connectivity index (χ3n) is 4.27. The normalized spacial score (nSPS) is 11.0. The summed E-state index contributed by atoms with van der Waals surface area (Å²) in [6, 6.07) is 17.1. The van der Waals surface area contributed by atoms with Crippen molar-refractivity contribution in [2.45, 2.75) is 26.2 Å². The molecule has 28 heavy (non-hydrogen) atoms. The third kappa shape index (κ3) is 4.85. The number of carbonyl (C=O) groups excluding carboxylic acids is 1. The molecule has 1 aromatic heterocycles. The Morgan fingerprint density at radius 1 is 0.857 bits per heavy atom. The van der Waals surface area contributed by atoms with E-state index >= 15 is 0 Å². The minimum absolute atomic E-state index is 0.119. The Bertz CT molecular complexity index is 946. The van der Waals surface area contributed by atoms with Crippen LogP contribution in [0.3, 0.4) is 0 Å². The van der Waals surface area contributed by atoms with Crippen molar-refractivity contribution in [1.82, 2.24) is 9.97 Å². The highest BCUT2D eigenvalue weighted by Gasteiger charge is 2.13. The summed E-state index contributed by atoms with van der Waals surface area (Å²) in [5.41, 5.74) is 3.66. The summed E-state index contributed by atoms with van der Waals surface area (Å²) in [6.45, 7) is 6.57. The number of nitrogens with one attached hydrogen (secondary N) is 2. The molecule has 0 fully saturated rings. The quantitative estimate of drug-likeness (QED) is 0.607. The van der Waals surface area contributed by atoms with Crippen molar-refractivity contribution in [2.75, 3.05) is 17.7 Å². The number of carbonyl (C=O) groups is 1. The van der Waals surface area contributed by atoms with E-state index in [1.54, 1.807) is 24.3 Å². The van der Waals surface area contributed by atoms with Crippen LogP contribution in [0.5, 0.6) is 0 Å². The molecule has 6 nitrogen and oxygen atoms in total. The van der Waals surface area contributed by atoms with Gasteiger partial charge in [0.15, 0.2) is 0 Å². The van der Waals surface area contributed by atoms with E-state index < -0.39 is 0 Å². The molecule has 2 aromatic carbocycles. The lowest BCUT2D eigenvalue weighted by Gasteiger charge is -2.19. The number of ether oxygens (including phenoxy) is 1. The van der Waals surface area contributed by atoms with Crippen LogP contribution in [0.1, 0.15) is 36.7 Å². The van der Waals surface area contributed by atoms with Crippen LogP contribution in [-0.4, -0.2) is 23.0 Å². The van der Waals surface area contributed by atoms with Gasteiger partial charge in [-0.15, -0.1) is 0 Å². The van der Waals surface area contributed by atoms with E-state index in [1.807, 2.05) is 18.2 Å². The molecule has 0 saturated carbocycles. The molecule has 6 heteroatoms. The Labute approximate surface area is 165 Å². The molecule has 0 aliphatic carbocycles. The second-order valence-corrected chi connectivity index (χ2v) is 7.43. The molecule has 1 heterocycles. The van der Waals surface area contributed by atoms with Crippen molar-refractivity contribution >= 4 is 29.0 Å². The summed E-state index contributed by atoms with van der Waals surface area (Å²) in [5.74, 6) is 0.972. The van der Waals surface area contributed by atoms with Gasteiger partial charge in [0, 0.05) is 17.4 Å². The monoisotopic (exact) mass is 376 g/mol. The Hall–Kier alpha value is -3.41. The minimum Gasteiger partial charge on any atom is -0.465 e. The average Bonchev–Trinajstić information content (AvgIpc) is 2.68. The number of hydrogen-bond acceptors (Lipinski definition) is 6. The van der Waals surface area contributed by atoms with Crippen LogP contribution in [0, 0.1) is 0 Å². The Morgan fingerprint density at radius 3 is 1.82 bits per heavy atom. The van der Waals surface area contributed by atoms with E-state index in [0.29, 0.717) is 17.2 Å². The third-order valence-corrected chi connectivity index (χ3v) is 4.27. The van der Waals surface area contributed by atoms with Crippen LogP contribution in [0.15, 0.2) is 60.9 Å². The molecule has 3 aromatic rings. The summed E-state index contributed by atoms with van der Waals surface area (Å²) in [4.78, 5) is 20.0. The van der Waals surface area contributed by atoms with Gasteiger partial charge in [-0.25, -0.2) is 14.8 Å². The van der Waals surface area contributed by atoms with Crippen LogP contribution in [0.25, 0.3) is 0 Å². The second kappa shape index (κ2) is 8.08. The van der Waals surface area contributed by atoms with E-state index in [9.17, 15) is 4.79 Å². The van der Waals surface area contributed by atoms with Crippen molar-refractivity contribution in [2.24, 2.45) is 0 Å². The SMILES string of the molecule is COC(=O)c1ccc(Nc2cc(Nc3ccc(C(C)(C)C)cc3)ncn2)cc1. The van der Waals surface area contributed by atoms with Crippen molar-refractivity contribution in [1.29, 1.82) is 0 Å². The summed E-state index contributed by atoms with van der Waals surface area (Å²) >= 11 is 0. The van der Waals surface area contributed by atoms with Crippen molar-refractivity contribution in [3.63, 3.8) is 0 Å². The van der Waals surface area contributed by atoms with Gasteiger partial charge in [0.25, 0.3) is 0 Å². The highest BCUT2D eigenvalue weighted by molar-refractivity contribution is 5.89. The van der Waals surface area contributed by atoms with Gasteiger partial charge in [-0.1, -0.05) is 32.9 Å². The smallest absolute Gasteiger partial charge is 0.337 e. The van der Waals surface area contributed by atoms with Gasteiger partial charge < -0.3 is 15.4 Å². The molecule has 0 spiro atoms. The topological polar surface area (TPSA) is 76.1 Å². The number of esters is 1. The molecule has 3 rings (SSSR count). The van der Waals surface area contributed by atoms with Crippen LogP contribution in [0.4, 0.5) is 23.0 Å². The lowest BCUT2D eigenvalue weighted by molar-refractivity contribution is 0.0601. The Kier molecular flexibility index (Phi) is 5.59. The van der Waals surface area contributed by atoms with Gasteiger partial charge in [0.2, 0.25) is 0 Å². The van der Waals surface area contributed by atoms with Gasteiger partial charge in [0.1, 0.15) is 18.0 Å². The molecule has 0 unspecified atom stereocenters. The van der Waals surface area contributed by atoms with E-state index in [-0.39, 0.29) is 11.4 Å². The zero-order valence-corrected chi connectivity index (χ0v) is 16.5. The number of aromatic nitrogens is 2. The summed E-state index contributed by atoms with van der Waals surface area (Å²) in [7, 11) is 1.36. The van der Waals surface area contributed by atoms with Crippen molar-refractivity contribution in [3.8, 4) is 0 Å². The van der Waals surface area contributed by atoms with Crippen LogP contribution in [0.2, 0.25) is 0 Å². The molecule has 144 valence electrons. The van der Waals surface area contributed by atoms with Crippen LogP contribution >= 0.6 is 0 Å². The first kappa shape index (κ1) is 19.4. The Balaban J connectivity index is 1.69. The first-order valence-corrected chi connectivity index (χ1v) is 9.00. The van der Waals surface area contributed by atoms with Gasteiger partial charge in [0.05, 0.1) is 12.7 Å². The maximum atomic E-state index is 11.5. The lowest BCUT2D eigenvalue weighted by atomic mass is 9.87. The first-order valence-electron chi connectivity index (χ1n) is 9.00. The molecule has 0 aliphatic heterocycles. The molecule has 0 aliphatic rings. The Morgan fingerprint density at radius 2 is 1.36 bits per heavy atom. The highest BCUT2D eigenvalue weighted by Crippen LogP contribution is 2.25. The largest absolute Gasteiger partial charge is 0.465 e. The fraction of sp³-hybridized carbons (Fsp3) is 0.227. The number of rotatable bonds is 5. The number of nitrogens with zero attached hydrogens (tertiary/aromatic N) is 2. The molecule has 0 amide bonds. The molecule has 2 N–H and O–H groups in total. The summed E-state index contributed by atoms with van der Waals surface area (Å²) < 4.78 is 4.70. The maximum absolute atomic E-state index is 11.5. The predicted molar refractivity (Wildman–Crippen MR) is 112 cm³/mol. The fourth-order valence-electron chi connectivity index (χ4n) is 2.65. The van der Waals surface area contributed by atoms with Gasteiger partial charge >= 0.3 is 5.97 Å². The molecule has 0 saturated heterocycles. The average molecular weight is 376 g/mol. The van der Waals surface area contributed by atoms with E-state index in [4.69, 9.17) is 4.74 Å². The highest BCUT2D eigenvalue weighted by atomic mass is 16.5.